The maximum Gasteiger partial charge on any atom is 0.230 e. The first kappa shape index (κ1) is 13.8. The van der Waals surface area contributed by atoms with Crippen LogP contribution >= 0.6 is 11.8 Å². The smallest absolute Gasteiger partial charge is 0.230 e. The van der Waals surface area contributed by atoms with Crippen molar-refractivity contribution in [3.05, 3.63) is 0 Å². The van der Waals surface area contributed by atoms with E-state index >= 15 is 0 Å². The zero-order chi connectivity index (χ0) is 11.0. The van der Waals surface area contributed by atoms with Gasteiger partial charge in [-0.1, -0.05) is 13.3 Å². The first-order valence-corrected chi connectivity index (χ1v) is 6.34. The van der Waals surface area contributed by atoms with E-state index in [0.717, 1.165) is 18.6 Å². The van der Waals surface area contributed by atoms with Crippen LogP contribution in [0.2, 0.25) is 0 Å². The van der Waals surface area contributed by atoms with Crippen molar-refractivity contribution >= 4 is 17.7 Å². The summed E-state index contributed by atoms with van der Waals surface area (Å²) in [6.45, 7) is 6.11. The molecule has 3 N–H and O–H groups in total. The Morgan fingerprint density at radius 2 is 2.14 bits per heavy atom. The van der Waals surface area contributed by atoms with Crippen LogP contribution in [0.5, 0.6) is 0 Å². The van der Waals surface area contributed by atoms with Crippen LogP contribution in [-0.2, 0) is 4.79 Å². The molecule has 0 spiro atoms. The van der Waals surface area contributed by atoms with Gasteiger partial charge in [-0.15, -0.1) is 0 Å². The molecule has 0 aliphatic carbocycles. The van der Waals surface area contributed by atoms with Gasteiger partial charge in [0.15, 0.2) is 0 Å². The van der Waals surface area contributed by atoms with Crippen LogP contribution in [0.1, 0.15) is 33.6 Å². The molecule has 2 atom stereocenters. The largest absolute Gasteiger partial charge is 0.353 e. The second-order valence-corrected chi connectivity index (χ2v) is 4.78. The van der Waals surface area contributed by atoms with Crippen LogP contribution < -0.4 is 11.1 Å². The molecule has 3 nitrogen and oxygen atoms in total. The van der Waals surface area contributed by atoms with E-state index in [1.807, 2.05) is 13.8 Å². The molecule has 0 aromatic carbocycles. The summed E-state index contributed by atoms with van der Waals surface area (Å²) >= 11 is 1.59. The van der Waals surface area contributed by atoms with Crippen molar-refractivity contribution in [2.75, 3.05) is 11.5 Å². The van der Waals surface area contributed by atoms with Crippen molar-refractivity contribution in [3.8, 4) is 0 Å². The number of carbonyl (C=O) groups is 1. The number of nitrogens with one attached hydrogen (secondary N) is 1. The number of amides is 1. The number of carbonyl (C=O) groups excluding carboxylic acids is 1. The third-order valence-electron chi connectivity index (χ3n) is 1.74. The Labute approximate surface area is 91.2 Å². The average molecular weight is 218 g/mol. The highest BCUT2D eigenvalue weighted by Crippen LogP contribution is 2.02. The molecule has 1 amide bonds. The molecular formula is C10H22N2OS. The summed E-state index contributed by atoms with van der Waals surface area (Å²) in [5.74, 6) is 1.49. The molecule has 14 heavy (non-hydrogen) atoms. The summed E-state index contributed by atoms with van der Waals surface area (Å²) in [6.07, 6.45) is 2.15. The highest BCUT2D eigenvalue weighted by molar-refractivity contribution is 7.99. The third kappa shape index (κ3) is 8.38. The molecule has 0 aromatic rings. The van der Waals surface area contributed by atoms with Crippen LogP contribution in [0, 0.1) is 0 Å². The summed E-state index contributed by atoms with van der Waals surface area (Å²) in [7, 11) is 0. The second-order valence-electron chi connectivity index (χ2n) is 3.75. The van der Waals surface area contributed by atoms with Gasteiger partial charge in [0.25, 0.3) is 0 Å². The van der Waals surface area contributed by atoms with E-state index in [0.29, 0.717) is 11.8 Å². The minimum atomic E-state index is 0.122. The van der Waals surface area contributed by atoms with Gasteiger partial charge in [-0.3, -0.25) is 4.79 Å². The number of thioether (sulfide) groups is 1. The number of rotatable bonds is 7. The van der Waals surface area contributed by atoms with E-state index in [1.54, 1.807) is 11.8 Å². The number of hydrogen-bond acceptors (Lipinski definition) is 3. The van der Waals surface area contributed by atoms with E-state index in [9.17, 15) is 4.79 Å². The van der Waals surface area contributed by atoms with E-state index in [4.69, 9.17) is 5.73 Å². The third-order valence-corrected chi connectivity index (χ3v) is 2.97. The molecule has 84 valence electrons. The fourth-order valence-corrected chi connectivity index (χ4v) is 1.92. The normalized spacial score (nSPS) is 14.9. The van der Waals surface area contributed by atoms with Crippen molar-refractivity contribution in [1.29, 1.82) is 0 Å². The zero-order valence-electron chi connectivity index (χ0n) is 9.38. The fourth-order valence-electron chi connectivity index (χ4n) is 1.16. The Morgan fingerprint density at radius 3 is 2.64 bits per heavy atom. The molecule has 0 rings (SSSR count). The van der Waals surface area contributed by atoms with Crippen LogP contribution in [0.15, 0.2) is 0 Å². The molecule has 0 heterocycles. The van der Waals surface area contributed by atoms with Crippen molar-refractivity contribution in [2.45, 2.75) is 45.7 Å². The van der Waals surface area contributed by atoms with Crippen molar-refractivity contribution in [2.24, 2.45) is 5.73 Å². The number of hydrogen-bond donors (Lipinski definition) is 2. The molecule has 0 radical (unpaired) electrons. The van der Waals surface area contributed by atoms with Gasteiger partial charge in [-0.2, -0.15) is 11.8 Å². The molecule has 0 saturated carbocycles. The van der Waals surface area contributed by atoms with Crippen LogP contribution in [0.3, 0.4) is 0 Å². The lowest BCUT2D eigenvalue weighted by Gasteiger charge is -2.12. The van der Waals surface area contributed by atoms with E-state index in [1.165, 1.54) is 0 Å². The summed E-state index contributed by atoms with van der Waals surface area (Å²) < 4.78 is 0. The molecule has 0 bridgehead atoms. The molecule has 0 aliphatic rings. The van der Waals surface area contributed by atoms with Crippen molar-refractivity contribution in [3.63, 3.8) is 0 Å². The molecule has 0 saturated heterocycles. The molecule has 2 unspecified atom stereocenters. The highest BCUT2D eigenvalue weighted by atomic mass is 32.2. The lowest BCUT2D eigenvalue weighted by atomic mass is 10.2. The van der Waals surface area contributed by atoms with Gasteiger partial charge in [-0.05, 0) is 20.3 Å². The lowest BCUT2D eigenvalue weighted by Crippen LogP contribution is -2.34. The summed E-state index contributed by atoms with van der Waals surface area (Å²) in [4.78, 5) is 11.3. The maximum atomic E-state index is 11.3. The standard InChI is InChI=1S/C10H22N2OS/c1-4-5-9(3)12-10(13)7-14-6-8(2)11/h8-9H,4-7,11H2,1-3H3,(H,12,13). The quantitative estimate of drug-likeness (QED) is 0.678. The summed E-state index contributed by atoms with van der Waals surface area (Å²) in [6, 6.07) is 0.462. The van der Waals surface area contributed by atoms with Crippen LogP contribution in [-0.4, -0.2) is 29.5 Å². The minimum absolute atomic E-state index is 0.122. The topological polar surface area (TPSA) is 55.1 Å². The first-order valence-electron chi connectivity index (χ1n) is 5.19. The predicted octanol–water partition coefficient (Wildman–Crippen LogP) is 1.37. The van der Waals surface area contributed by atoms with Crippen LogP contribution in [0.4, 0.5) is 0 Å². The Balaban J connectivity index is 3.45. The summed E-state index contributed by atoms with van der Waals surface area (Å²) in [5.41, 5.74) is 5.58. The van der Waals surface area contributed by atoms with Gasteiger partial charge in [0, 0.05) is 17.8 Å². The van der Waals surface area contributed by atoms with Gasteiger partial charge >= 0.3 is 0 Å². The second kappa shape index (κ2) is 8.12. The van der Waals surface area contributed by atoms with E-state index in [-0.39, 0.29) is 11.9 Å². The van der Waals surface area contributed by atoms with Gasteiger partial charge < -0.3 is 11.1 Å². The number of nitrogens with two attached hydrogens (primary N) is 1. The van der Waals surface area contributed by atoms with Gasteiger partial charge in [-0.25, -0.2) is 0 Å². The Bertz CT molecular complexity index is 162. The summed E-state index contributed by atoms with van der Waals surface area (Å²) in [5, 5.41) is 2.95. The molecule has 4 heteroatoms. The van der Waals surface area contributed by atoms with Gasteiger partial charge in [0.05, 0.1) is 5.75 Å². The molecule has 0 aliphatic heterocycles. The maximum absolute atomic E-state index is 11.3. The molecule has 0 aromatic heterocycles. The van der Waals surface area contributed by atoms with Crippen molar-refractivity contribution < 1.29 is 4.79 Å². The molecule has 0 fully saturated rings. The fraction of sp³-hybridized carbons (Fsp3) is 0.900. The highest BCUT2D eigenvalue weighted by Gasteiger charge is 2.06. The first-order chi connectivity index (χ1) is 6.56. The van der Waals surface area contributed by atoms with Gasteiger partial charge in [0.1, 0.15) is 0 Å². The van der Waals surface area contributed by atoms with Gasteiger partial charge in [0.2, 0.25) is 5.91 Å². The zero-order valence-corrected chi connectivity index (χ0v) is 10.2. The lowest BCUT2D eigenvalue weighted by molar-refractivity contribution is -0.119. The Kier molecular flexibility index (Phi) is 7.99. The Morgan fingerprint density at radius 1 is 1.50 bits per heavy atom. The predicted molar refractivity (Wildman–Crippen MR) is 63.5 cm³/mol. The van der Waals surface area contributed by atoms with E-state index < -0.39 is 0 Å². The SMILES string of the molecule is CCCC(C)NC(=O)CSCC(C)N. The minimum Gasteiger partial charge on any atom is -0.353 e. The molecular weight excluding hydrogens is 196 g/mol. The van der Waals surface area contributed by atoms with E-state index in [2.05, 4.69) is 12.2 Å². The van der Waals surface area contributed by atoms with Crippen LogP contribution in [0.25, 0.3) is 0 Å². The Hall–Kier alpha value is -0.220. The average Bonchev–Trinajstić information content (AvgIpc) is 2.03. The monoisotopic (exact) mass is 218 g/mol. The van der Waals surface area contributed by atoms with Crippen molar-refractivity contribution in [1.82, 2.24) is 5.32 Å².